The van der Waals surface area contributed by atoms with E-state index in [1.54, 1.807) is 23.1 Å². The molecule has 1 aliphatic heterocycles. The first-order valence-electron chi connectivity index (χ1n) is 7.35. The molecule has 2 rings (SSSR count). The minimum Gasteiger partial charge on any atom is -0.435 e. The third-order valence-corrected chi connectivity index (χ3v) is 4.20. The van der Waals surface area contributed by atoms with Crippen molar-refractivity contribution in [3.05, 3.63) is 29.8 Å². The Bertz CT molecular complexity index is 535. The topological polar surface area (TPSA) is 55.6 Å². The molecule has 1 heterocycles. The van der Waals surface area contributed by atoms with E-state index in [2.05, 4.69) is 4.74 Å². The van der Waals surface area contributed by atoms with Crippen LogP contribution in [0, 0.1) is 5.41 Å². The van der Waals surface area contributed by atoms with Crippen LogP contribution in [-0.4, -0.2) is 36.5 Å². The first-order valence-corrected chi connectivity index (χ1v) is 7.35. The van der Waals surface area contributed by atoms with Crippen LogP contribution in [0.1, 0.15) is 25.8 Å². The van der Waals surface area contributed by atoms with Gasteiger partial charge < -0.3 is 15.4 Å². The SMILES string of the molecule is CC1(C)CN(C(=O)Cc2ccccc2OC(F)F)CCC1N. The van der Waals surface area contributed by atoms with Crippen molar-refractivity contribution in [2.45, 2.75) is 39.3 Å². The number of piperidine rings is 1. The Morgan fingerprint density at radius 2 is 2.14 bits per heavy atom. The highest BCUT2D eigenvalue weighted by Gasteiger charge is 2.35. The molecular formula is C16H22F2N2O2. The van der Waals surface area contributed by atoms with Crippen LogP contribution >= 0.6 is 0 Å². The van der Waals surface area contributed by atoms with Gasteiger partial charge in [0.1, 0.15) is 5.75 Å². The maximum atomic E-state index is 12.4. The van der Waals surface area contributed by atoms with Gasteiger partial charge in [0, 0.05) is 24.7 Å². The smallest absolute Gasteiger partial charge is 0.387 e. The second kappa shape index (κ2) is 6.60. The number of halogens is 2. The van der Waals surface area contributed by atoms with Crippen molar-refractivity contribution in [2.24, 2.45) is 11.1 Å². The van der Waals surface area contributed by atoms with Crippen LogP contribution in [0.15, 0.2) is 24.3 Å². The molecule has 1 aromatic carbocycles. The van der Waals surface area contributed by atoms with Crippen LogP contribution in [0.4, 0.5) is 8.78 Å². The first-order chi connectivity index (χ1) is 10.3. The molecule has 1 saturated heterocycles. The van der Waals surface area contributed by atoms with Crippen LogP contribution in [-0.2, 0) is 11.2 Å². The van der Waals surface area contributed by atoms with E-state index in [0.717, 1.165) is 6.42 Å². The van der Waals surface area contributed by atoms with Gasteiger partial charge in [-0.15, -0.1) is 0 Å². The molecule has 0 spiro atoms. The Balaban J connectivity index is 2.06. The zero-order chi connectivity index (χ0) is 16.3. The molecule has 0 bridgehead atoms. The Hall–Kier alpha value is -1.69. The number of hydrogen-bond acceptors (Lipinski definition) is 3. The number of nitrogens with two attached hydrogens (primary N) is 1. The lowest BCUT2D eigenvalue weighted by Crippen LogP contribution is -2.54. The summed E-state index contributed by atoms with van der Waals surface area (Å²) < 4.78 is 29.3. The van der Waals surface area contributed by atoms with Gasteiger partial charge in [-0.1, -0.05) is 32.0 Å². The highest BCUT2D eigenvalue weighted by molar-refractivity contribution is 5.79. The van der Waals surface area contributed by atoms with E-state index >= 15 is 0 Å². The minimum absolute atomic E-state index is 0.0498. The number of alkyl halides is 2. The highest BCUT2D eigenvalue weighted by Crippen LogP contribution is 2.29. The molecule has 1 fully saturated rings. The number of nitrogens with zero attached hydrogens (tertiary/aromatic N) is 1. The van der Waals surface area contributed by atoms with E-state index in [1.165, 1.54) is 6.07 Å². The fourth-order valence-electron chi connectivity index (χ4n) is 2.72. The van der Waals surface area contributed by atoms with Crippen molar-refractivity contribution in [2.75, 3.05) is 13.1 Å². The molecule has 0 aliphatic carbocycles. The van der Waals surface area contributed by atoms with E-state index in [1.807, 2.05) is 13.8 Å². The van der Waals surface area contributed by atoms with E-state index in [-0.39, 0.29) is 29.5 Å². The molecular weight excluding hydrogens is 290 g/mol. The average molecular weight is 312 g/mol. The summed E-state index contributed by atoms with van der Waals surface area (Å²) in [6, 6.07) is 6.46. The predicted molar refractivity (Wildman–Crippen MR) is 79.7 cm³/mol. The van der Waals surface area contributed by atoms with Gasteiger partial charge >= 0.3 is 6.61 Å². The van der Waals surface area contributed by atoms with Crippen LogP contribution in [0.2, 0.25) is 0 Å². The van der Waals surface area contributed by atoms with Crippen molar-refractivity contribution in [1.29, 1.82) is 0 Å². The van der Waals surface area contributed by atoms with E-state index in [0.29, 0.717) is 18.7 Å². The van der Waals surface area contributed by atoms with Crippen molar-refractivity contribution in [1.82, 2.24) is 4.90 Å². The van der Waals surface area contributed by atoms with Crippen molar-refractivity contribution < 1.29 is 18.3 Å². The molecule has 0 saturated carbocycles. The number of carbonyl (C=O) groups excluding carboxylic acids is 1. The predicted octanol–water partition coefficient (Wildman–Crippen LogP) is 2.42. The Morgan fingerprint density at radius 3 is 2.77 bits per heavy atom. The Labute approximate surface area is 129 Å². The highest BCUT2D eigenvalue weighted by atomic mass is 19.3. The summed E-state index contributed by atoms with van der Waals surface area (Å²) in [5.41, 5.74) is 6.39. The fraction of sp³-hybridized carbons (Fsp3) is 0.562. The molecule has 1 amide bonds. The second-order valence-corrected chi connectivity index (χ2v) is 6.36. The zero-order valence-electron chi connectivity index (χ0n) is 12.9. The number of carbonyl (C=O) groups is 1. The molecule has 4 nitrogen and oxygen atoms in total. The van der Waals surface area contributed by atoms with Crippen molar-refractivity contribution >= 4 is 5.91 Å². The number of benzene rings is 1. The molecule has 122 valence electrons. The number of rotatable bonds is 4. The molecule has 1 atom stereocenters. The Morgan fingerprint density at radius 1 is 1.45 bits per heavy atom. The van der Waals surface area contributed by atoms with Crippen LogP contribution in [0.25, 0.3) is 0 Å². The second-order valence-electron chi connectivity index (χ2n) is 6.36. The lowest BCUT2D eigenvalue weighted by atomic mass is 9.79. The lowest BCUT2D eigenvalue weighted by molar-refractivity contribution is -0.134. The summed E-state index contributed by atoms with van der Waals surface area (Å²) in [7, 11) is 0. The zero-order valence-corrected chi connectivity index (χ0v) is 12.9. The van der Waals surface area contributed by atoms with Gasteiger partial charge in [-0.05, 0) is 17.9 Å². The van der Waals surface area contributed by atoms with Crippen LogP contribution in [0.5, 0.6) is 5.75 Å². The maximum Gasteiger partial charge on any atom is 0.387 e. The normalized spacial score (nSPS) is 21.0. The van der Waals surface area contributed by atoms with Crippen LogP contribution < -0.4 is 10.5 Å². The lowest BCUT2D eigenvalue weighted by Gasteiger charge is -2.42. The number of amides is 1. The van der Waals surface area contributed by atoms with Crippen molar-refractivity contribution in [3.8, 4) is 5.75 Å². The minimum atomic E-state index is -2.90. The molecule has 0 aromatic heterocycles. The van der Waals surface area contributed by atoms with Gasteiger partial charge in [-0.3, -0.25) is 4.79 Å². The van der Waals surface area contributed by atoms with E-state index < -0.39 is 6.61 Å². The van der Waals surface area contributed by atoms with Gasteiger partial charge in [0.05, 0.1) is 6.42 Å². The maximum absolute atomic E-state index is 12.4. The summed E-state index contributed by atoms with van der Waals surface area (Å²) in [5.74, 6) is -0.0379. The van der Waals surface area contributed by atoms with Gasteiger partial charge in [0.25, 0.3) is 0 Å². The molecule has 1 aliphatic rings. The standard InChI is InChI=1S/C16H22F2N2O2/c1-16(2)10-20(8-7-13(16)19)14(21)9-11-5-3-4-6-12(11)22-15(17)18/h3-6,13,15H,7-10,19H2,1-2H3. The summed E-state index contributed by atoms with van der Waals surface area (Å²) in [5, 5.41) is 0. The largest absolute Gasteiger partial charge is 0.435 e. The fourth-order valence-corrected chi connectivity index (χ4v) is 2.72. The molecule has 1 aromatic rings. The summed E-state index contributed by atoms with van der Waals surface area (Å²) in [4.78, 5) is 14.2. The number of ether oxygens (including phenoxy) is 1. The Kier molecular flexibility index (Phi) is 5.01. The quantitative estimate of drug-likeness (QED) is 0.929. The monoisotopic (exact) mass is 312 g/mol. The van der Waals surface area contributed by atoms with E-state index in [9.17, 15) is 13.6 Å². The summed E-state index contributed by atoms with van der Waals surface area (Å²) in [6.45, 7) is 2.34. The first kappa shape index (κ1) is 16.7. The average Bonchev–Trinajstić information content (AvgIpc) is 2.43. The number of hydrogen-bond donors (Lipinski definition) is 1. The van der Waals surface area contributed by atoms with Gasteiger partial charge in [0.15, 0.2) is 0 Å². The van der Waals surface area contributed by atoms with Gasteiger partial charge in [-0.25, -0.2) is 0 Å². The third-order valence-electron chi connectivity index (χ3n) is 4.20. The summed E-state index contributed by atoms with van der Waals surface area (Å²) >= 11 is 0. The van der Waals surface area contributed by atoms with Crippen molar-refractivity contribution in [3.63, 3.8) is 0 Å². The van der Waals surface area contributed by atoms with E-state index in [4.69, 9.17) is 5.73 Å². The third kappa shape index (κ3) is 3.94. The number of likely N-dealkylation sites (tertiary alicyclic amines) is 1. The molecule has 2 N–H and O–H groups in total. The van der Waals surface area contributed by atoms with Gasteiger partial charge in [-0.2, -0.15) is 8.78 Å². The van der Waals surface area contributed by atoms with Crippen LogP contribution in [0.3, 0.4) is 0 Å². The van der Waals surface area contributed by atoms with Gasteiger partial charge in [0.2, 0.25) is 5.91 Å². The summed E-state index contributed by atoms with van der Waals surface area (Å²) in [6.07, 6.45) is 0.794. The molecule has 0 radical (unpaired) electrons. The number of para-hydroxylation sites is 1. The molecule has 6 heteroatoms. The molecule has 22 heavy (non-hydrogen) atoms. The molecule has 1 unspecified atom stereocenters.